The number of carbonyl (C=O) groups is 2. The van der Waals surface area contributed by atoms with Crippen molar-refractivity contribution < 1.29 is 19.1 Å². The van der Waals surface area contributed by atoms with E-state index < -0.39 is 18.0 Å². The SMILES string of the molecule is Cn1c(-c2ccccc2)c(C(=O)OC2CCOC2=O)c2ccccc21. The number of fused-ring (bicyclic) bond motifs is 1. The van der Waals surface area contributed by atoms with Gasteiger partial charge in [0.25, 0.3) is 0 Å². The van der Waals surface area contributed by atoms with E-state index in [0.717, 1.165) is 22.2 Å². The third-order valence-corrected chi connectivity index (χ3v) is 4.49. The summed E-state index contributed by atoms with van der Waals surface area (Å²) in [5, 5.41) is 0.806. The number of nitrogens with zero attached hydrogens (tertiary/aromatic N) is 1. The number of carbonyl (C=O) groups excluding carboxylic acids is 2. The van der Waals surface area contributed by atoms with Crippen molar-refractivity contribution in [3.8, 4) is 11.3 Å². The van der Waals surface area contributed by atoms with Crippen LogP contribution < -0.4 is 0 Å². The molecule has 1 aliphatic rings. The summed E-state index contributed by atoms with van der Waals surface area (Å²) in [6.07, 6.45) is -0.425. The van der Waals surface area contributed by atoms with Crippen LogP contribution in [-0.4, -0.2) is 29.2 Å². The minimum atomic E-state index is -0.824. The van der Waals surface area contributed by atoms with Crippen molar-refractivity contribution in [3.05, 3.63) is 60.2 Å². The average Bonchev–Trinajstić information content (AvgIpc) is 3.17. The number of hydrogen-bond donors (Lipinski definition) is 0. The van der Waals surface area contributed by atoms with Gasteiger partial charge in [0.1, 0.15) is 0 Å². The fraction of sp³-hybridized carbons (Fsp3) is 0.200. The predicted octanol–water partition coefficient (Wildman–Crippen LogP) is 3.32. The largest absolute Gasteiger partial charge is 0.463 e. The van der Waals surface area contributed by atoms with Gasteiger partial charge in [-0.2, -0.15) is 0 Å². The lowest BCUT2D eigenvalue weighted by molar-refractivity contribution is -0.145. The van der Waals surface area contributed by atoms with Gasteiger partial charge in [0, 0.05) is 24.4 Å². The first-order chi connectivity index (χ1) is 12.2. The van der Waals surface area contributed by atoms with Gasteiger partial charge in [-0.05, 0) is 11.6 Å². The highest BCUT2D eigenvalue weighted by Gasteiger charge is 2.32. The molecule has 0 spiro atoms. The number of esters is 2. The molecule has 25 heavy (non-hydrogen) atoms. The summed E-state index contributed by atoms with van der Waals surface area (Å²) in [6.45, 7) is 0.290. The number of aromatic nitrogens is 1. The molecule has 126 valence electrons. The Balaban J connectivity index is 1.86. The highest BCUT2D eigenvalue weighted by molar-refractivity contribution is 6.11. The molecule has 0 saturated carbocycles. The standard InChI is InChI=1S/C20H17NO4/c1-21-15-10-6-5-9-14(15)17(18(21)13-7-3-2-4-8-13)20(23)25-16-11-12-24-19(16)22/h2-10,16H,11-12H2,1H3. The van der Waals surface area contributed by atoms with Crippen LogP contribution >= 0.6 is 0 Å². The normalized spacial score (nSPS) is 16.8. The summed E-state index contributed by atoms with van der Waals surface area (Å²) in [5.74, 6) is -0.977. The topological polar surface area (TPSA) is 57.5 Å². The maximum Gasteiger partial charge on any atom is 0.347 e. The maximum atomic E-state index is 12.9. The van der Waals surface area contributed by atoms with Crippen LogP contribution in [0.2, 0.25) is 0 Å². The second-order valence-corrected chi connectivity index (χ2v) is 6.02. The molecule has 1 atom stereocenters. The van der Waals surface area contributed by atoms with Crippen molar-refractivity contribution in [2.24, 2.45) is 7.05 Å². The molecular weight excluding hydrogens is 318 g/mol. The van der Waals surface area contributed by atoms with Crippen LogP contribution in [0.3, 0.4) is 0 Å². The van der Waals surface area contributed by atoms with Crippen LogP contribution in [0, 0.1) is 0 Å². The number of cyclic esters (lactones) is 1. The second kappa shape index (κ2) is 6.09. The molecular formula is C20H17NO4. The quantitative estimate of drug-likeness (QED) is 0.689. The monoisotopic (exact) mass is 335 g/mol. The van der Waals surface area contributed by atoms with Gasteiger partial charge < -0.3 is 14.0 Å². The number of para-hydroxylation sites is 1. The molecule has 1 aliphatic heterocycles. The predicted molar refractivity (Wildman–Crippen MR) is 93.1 cm³/mol. The van der Waals surface area contributed by atoms with Crippen molar-refractivity contribution >= 4 is 22.8 Å². The smallest absolute Gasteiger partial charge is 0.347 e. The van der Waals surface area contributed by atoms with E-state index >= 15 is 0 Å². The Morgan fingerprint density at radius 2 is 1.84 bits per heavy atom. The molecule has 0 radical (unpaired) electrons. The van der Waals surface area contributed by atoms with Crippen molar-refractivity contribution in [2.75, 3.05) is 6.61 Å². The van der Waals surface area contributed by atoms with E-state index in [2.05, 4.69) is 0 Å². The average molecular weight is 335 g/mol. The summed E-state index contributed by atoms with van der Waals surface area (Å²) in [6, 6.07) is 17.4. The fourth-order valence-electron chi connectivity index (χ4n) is 3.31. The molecule has 4 rings (SSSR count). The molecule has 1 fully saturated rings. The molecule has 0 aliphatic carbocycles. The number of benzene rings is 2. The molecule has 5 heteroatoms. The molecule has 2 heterocycles. The molecule has 1 aromatic heterocycles. The number of rotatable bonds is 3. The Hall–Kier alpha value is -3.08. The third kappa shape index (κ3) is 2.58. The lowest BCUT2D eigenvalue weighted by Gasteiger charge is -2.11. The van der Waals surface area contributed by atoms with Crippen molar-refractivity contribution in [2.45, 2.75) is 12.5 Å². The third-order valence-electron chi connectivity index (χ3n) is 4.49. The minimum Gasteiger partial charge on any atom is -0.463 e. The van der Waals surface area contributed by atoms with Crippen molar-refractivity contribution in [1.82, 2.24) is 4.57 Å². The van der Waals surface area contributed by atoms with E-state index in [1.54, 1.807) is 0 Å². The van der Waals surface area contributed by atoms with Crippen LogP contribution in [0.4, 0.5) is 0 Å². The highest BCUT2D eigenvalue weighted by Crippen LogP contribution is 2.34. The minimum absolute atomic E-state index is 0.290. The Labute approximate surface area is 144 Å². The van der Waals surface area contributed by atoms with Gasteiger partial charge in [0.05, 0.1) is 17.9 Å². The van der Waals surface area contributed by atoms with E-state index in [-0.39, 0.29) is 6.61 Å². The van der Waals surface area contributed by atoms with Gasteiger partial charge in [-0.1, -0.05) is 48.5 Å². The van der Waals surface area contributed by atoms with Gasteiger partial charge in [-0.25, -0.2) is 9.59 Å². The van der Waals surface area contributed by atoms with Gasteiger partial charge in [0.2, 0.25) is 6.10 Å². The number of aryl methyl sites for hydroxylation is 1. The molecule has 0 amide bonds. The van der Waals surface area contributed by atoms with E-state index in [0.29, 0.717) is 12.0 Å². The fourth-order valence-corrected chi connectivity index (χ4v) is 3.31. The Morgan fingerprint density at radius 1 is 1.12 bits per heavy atom. The first-order valence-corrected chi connectivity index (χ1v) is 8.17. The van der Waals surface area contributed by atoms with Crippen LogP contribution in [0.25, 0.3) is 22.2 Å². The highest BCUT2D eigenvalue weighted by atomic mass is 16.6. The van der Waals surface area contributed by atoms with Crippen LogP contribution in [0.1, 0.15) is 16.8 Å². The lowest BCUT2D eigenvalue weighted by Crippen LogP contribution is -2.23. The van der Waals surface area contributed by atoms with E-state index in [4.69, 9.17) is 9.47 Å². The first-order valence-electron chi connectivity index (χ1n) is 8.17. The maximum absolute atomic E-state index is 12.9. The van der Waals surface area contributed by atoms with Gasteiger partial charge in [-0.3, -0.25) is 0 Å². The lowest BCUT2D eigenvalue weighted by atomic mass is 10.1. The number of hydrogen-bond acceptors (Lipinski definition) is 4. The number of ether oxygens (including phenoxy) is 2. The summed E-state index contributed by atoms with van der Waals surface area (Å²) in [4.78, 5) is 24.6. The van der Waals surface area contributed by atoms with Crippen LogP contribution in [-0.2, 0) is 21.3 Å². The van der Waals surface area contributed by atoms with Crippen molar-refractivity contribution in [3.63, 3.8) is 0 Å². The Kier molecular flexibility index (Phi) is 3.76. The van der Waals surface area contributed by atoms with E-state index in [9.17, 15) is 9.59 Å². The van der Waals surface area contributed by atoms with Gasteiger partial charge >= 0.3 is 11.9 Å². The van der Waals surface area contributed by atoms with E-state index in [1.807, 2.05) is 66.2 Å². The molecule has 1 unspecified atom stereocenters. The van der Waals surface area contributed by atoms with Gasteiger partial charge in [0.15, 0.2) is 0 Å². The molecule has 2 aromatic carbocycles. The van der Waals surface area contributed by atoms with Crippen molar-refractivity contribution in [1.29, 1.82) is 0 Å². The summed E-state index contributed by atoms with van der Waals surface area (Å²) in [7, 11) is 1.92. The summed E-state index contributed by atoms with van der Waals surface area (Å²) >= 11 is 0. The molecule has 5 nitrogen and oxygen atoms in total. The molecule has 0 N–H and O–H groups in total. The molecule has 1 saturated heterocycles. The first kappa shape index (κ1) is 15.4. The molecule has 0 bridgehead atoms. The van der Waals surface area contributed by atoms with Crippen LogP contribution in [0.5, 0.6) is 0 Å². The summed E-state index contributed by atoms with van der Waals surface area (Å²) in [5.41, 5.74) is 3.10. The zero-order valence-corrected chi connectivity index (χ0v) is 13.8. The van der Waals surface area contributed by atoms with Gasteiger partial charge in [-0.15, -0.1) is 0 Å². The summed E-state index contributed by atoms with van der Waals surface area (Å²) < 4.78 is 12.3. The zero-order valence-electron chi connectivity index (χ0n) is 13.8. The molecule has 3 aromatic rings. The Morgan fingerprint density at radius 3 is 2.56 bits per heavy atom. The van der Waals surface area contributed by atoms with Crippen LogP contribution in [0.15, 0.2) is 54.6 Å². The zero-order chi connectivity index (χ0) is 17.4. The van der Waals surface area contributed by atoms with E-state index in [1.165, 1.54) is 0 Å². The Bertz CT molecular complexity index is 958. The second-order valence-electron chi connectivity index (χ2n) is 6.02.